The first-order valence-electron chi connectivity index (χ1n) is 7.27. The summed E-state index contributed by atoms with van der Waals surface area (Å²) in [6, 6.07) is 17.1. The fourth-order valence-corrected chi connectivity index (χ4v) is 4.55. The Morgan fingerprint density at radius 3 is 2.76 bits per heavy atom. The van der Waals surface area contributed by atoms with Crippen LogP contribution in [-0.2, 0) is 13.0 Å². The first-order chi connectivity index (χ1) is 10.3. The lowest BCUT2D eigenvalue weighted by atomic mass is 9.77. The average Bonchev–Trinajstić information content (AvgIpc) is 2.81. The Kier molecular flexibility index (Phi) is 3.46. The van der Waals surface area contributed by atoms with Gasteiger partial charge in [0.1, 0.15) is 0 Å². The van der Waals surface area contributed by atoms with Crippen LogP contribution in [0.25, 0.3) is 10.1 Å². The van der Waals surface area contributed by atoms with Crippen molar-refractivity contribution in [3.63, 3.8) is 0 Å². The summed E-state index contributed by atoms with van der Waals surface area (Å²) in [6.07, 6.45) is 1.20. The highest BCUT2D eigenvalue weighted by Gasteiger charge is 2.24. The van der Waals surface area contributed by atoms with E-state index in [2.05, 4.69) is 47.8 Å². The number of thiophene rings is 1. The molecule has 1 nitrogen and oxygen atoms in total. The molecule has 0 spiro atoms. The second-order valence-electron chi connectivity index (χ2n) is 5.57. The third kappa shape index (κ3) is 2.38. The third-order valence-corrected chi connectivity index (χ3v) is 5.95. The summed E-state index contributed by atoms with van der Waals surface area (Å²) >= 11 is 8.26. The molecular weight excluding hydrogens is 298 g/mol. The molecule has 0 bridgehead atoms. The lowest BCUT2D eigenvalue weighted by molar-refractivity contribution is 0.538. The summed E-state index contributed by atoms with van der Waals surface area (Å²) in [5.74, 6) is 0.661. The highest BCUT2D eigenvalue weighted by Crippen LogP contribution is 2.36. The van der Waals surface area contributed by atoms with Gasteiger partial charge in [0.15, 0.2) is 0 Å². The van der Waals surface area contributed by atoms with Crippen molar-refractivity contribution in [1.29, 1.82) is 0 Å². The van der Waals surface area contributed by atoms with Crippen molar-refractivity contribution in [3.8, 4) is 0 Å². The molecule has 0 aliphatic heterocycles. The van der Waals surface area contributed by atoms with Crippen molar-refractivity contribution in [1.82, 2.24) is 5.32 Å². The summed E-state index contributed by atoms with van der Waals surface area (Å²) in [4.78, 5) is 1.24. The molecule has 106 valence electrons. The monoisotopic (exact) mass is 313 g/mol. The molecule has 0 saturated heterocycles. The van der Waals surface area contributed by atoms with Gasteiger partial charge in [0.25, 0.3) is 0 Å². The van der Waals surface area contributed by atoms with Gasteiger partial charge in [0, 0.05) is 34.0 Å². The van der Waals surface area contributed by atoms with E-state index < -0.39 is 0 Å². The second kappa shape index (κ2) is 5.45. The Labute approximate surface area is 133 Å². The molecule has 1 heterocycles. The van der Waals surface area contributed by atoms with Gasteiger partial charge in [-0.25, -0.2) is 0 Å². The van der Waals surface area contributed by atoms with Crippen molar-refractivity contribution in [2.45, 2.75) is 18.9 Å². The first-order valence-corrected chi connectivity index (χ1v) is 8.47. The maximum Gasteiger partial charge on any atom is 0.0636 e. The summed E-state index contributed by atoms with van der Waals surface area (Å²) in [7, 11) is 0. The number of fused-ring (bicyclic) bond motifs is 2. The standard InChI is InChI=1S/C18H16ClNS/c19-18-15-7-3-4-8-16(15)21-17(18)11-20-10-13-9-12-5-1-2-6-14(12)13/h1-8,13,20H,9-11H2. The van der Waals surface area contributed by atoms with Crippen LogP contribution >= 0.6 is 22.9 Å². The minimum Gasteiger partial charge on any atom is -0.311 e. The van der Waals surface area contributed by atoms with Crippen LogP contribution in [0.2, 0.25) is 5.02 Å². The van der Waals surface area contributed by atoms with Crippen molar-refractivity contribution in [2.75, 3.05) is 6.54 Å². The van der Waals surface area contributed by atoms with Gasteiger partial charge < -0.3 is 5.32 Å². The molecule has 0 fully saturated rings. The van der Waals surface area contributed by atoms with Gasteiger partial charge in [-0.3, -0.25) is 0 Å². The molecule has 1 unspecified atom stereocenters. The van der Waals surface area contributed by atoms with Crippen LogP contribution in [-0.4, -0.2) is 6.54 Å². The number of benzene rings is 2. The zero-order valence-electron chi connectivity index (χ0n) is 11.6. The Hall–Kier alpha value is -1.35. The predicted molar refractivity (Wildman–Crippen MR) is 91.4 cm³/mol. The van der Waals surface area contributed by atoms with Crippen LogP contribution in [0.15, 0.2) is 48.5 Å². The van der Waals surface area contributed by atoms with Crippen molar-refractivity contribution in [3.05, 3.63) is 69.6 Å². The molecule has 1 atom stereocenters. The summed E-state index contributed by atoms with van der Waals surface area (Å²) < 4.78 is 1.27. The fourth-order valence-electron chi connectivity index (χ4n) is 3.08. The highest BCUT2D eigenvalue weighted by atomic mass is 35.5. The fraction of sp³-hybridized carbons (Fsp3) is 0.222. The molecule has 2 aromatic carbocycles. The van der Waals surface area contributed by atoms with Gasteiger partial charge in [-0.05, 0) is 23.6 Å². The van der Waals surface area contributed by atoms with E-state index in [1.807, 2.05) is 6.07 Å². The maximum absolute atomic E-state index is 6.47. The zero-order chi connectivity index (χ0) is 14.2. The quantitative estimate of drug-likeness (QED) is 0.716. The van der Waals surface area contributed by atoms with E-state index in [1.54, 1.807) is 11.3 Å². The van der Waals surface area contributed by atoms with E-state index >= 15 is 0 Å². The van der Waals surface area contributed by atoms with Crippen LogP contribution in [0, 0.1) is 0 Å². The van der Waals surface area contributed by atoms with E-state index in [1.165, 1.54) is 32.5 Å². The van der Waals surface area contributed by atoms with Gasteiger partial charge in [0.05, 0.1) is 5.02 Å². The van der Waals surface area contributed by atoms with Gasteiger partial charge >= 0.3 is 0 Å². The lowest BCUT2D eigenvalue weighted by Crippen LogP contribution is -2.28. The summed E-state index contributed by atoms with van der Waals surface area (Å²) in [5, 5.41) is 5.66. The Balaban J connectivity index is 1.42. The normalized spacial score (nSPS) is 16.7. The molecule has 0 radical (unpaired) electrons. The number of halogens is 1. The lowest BCUT2D eigenvalue weighted by Gasteiger charge is -2.30. The van der Waals surface area contributed by atoms with Crippen LogP contribution < -0.4 is 5.32 Å². The van der Waals surface area contributed by atoms with Crippen molar-refractivity contribution >= 4 is 33.0 Å². The van der Waals surface area contributed by atoms with Gasteiger partial charge in [-0.2, -0.15) is 0 Å². The zero-order valence-corrected chi connectivity index (χ0v) is 13.2. The molecule has 3 aromatic rings. The minimum absolute atomic E-state index is 0.661. The predicted octanol–water partition coefficient (Wildman–Crippen LogP) is 4.98. The largest absolute Gasteiger partial charge is 0.311 e. The van der Waals surface area contributed by atoms with E-state index in [0.29, 0.717) is 5.92 Å². The maximum atomic E-state index is 6.47. The summed E-state index contributed by atoms with van der Waals surface area (Å²) in [5.41, 5.74) is 3.01. The molecule has 1 aliphatic carbocycles. The number of hydrogen-bond acceptors (Lipinski definition) is 2. The smallest absolute Gasteiger partial charge is 0.0636 e. The topological polar surface area (TPSA) is 12.0 Å². The Bertz CT molecular complexity index is 793. The van der Waals surface area contributed by atoms with Gasteiger partial charge in [-0.15, -0.1) is 11.3 Å². The highest BCUT2D eigenvalue weighted by molar-refractivity contribution is 7.19. The number of hydrogen-bond donors (Lipinski definition) is 1. The Morgan fingerprint density at radius 2 is 1.90 bits per heavy atom. The van der Waals surface area contributed by atoms with Crippen molar-refractivity contribution < 1.29 is 0 Å². The van der Waals surface area contributed by atoms with Crippen LogP contribution in [0.5, 0.6) is 0 Å². The second-order valence-corrected chi connectivity index (χ2v) is 7.08. The van der Waals surface area contributed by atoms with E-state index in [4.69, 9.17) is 11.6 Å². The first kappa shape index (κ1) is 13.3. The van der Waals surface area contributed by atoms with Crippen LogP contribution in [0.4, 0.5) is 0 Å². The molecular formula is C18H16ClNS. The molecule has 1 N–H and O–H groups in total. The van der Waals surface area contributed by atoms with Crippen molar-refractivity contribution in [2.24, 2.45) is 0 Å². The average molecular weight is 314 g/mol. The van der Waals surface area contributed by atoms with E-state index in [9.17, 15) is 0 Å². The van der Waals surface area contributed by atoms with Crippen LogP contribution in [0.1, 0.15) is 21.9 Å². The van der Waals surface area contributed by atoms with Gasteiger partial charge in [0.2, 0.25) is 0 Å². The minimum atomic E-state index is 0.661. The molecule has 0 saturated carbocycles. The Morgan fingerprint density at radius 1 is 1.10 bits per heavy atom. The van der Waals surface area contributed by atoms with Gasteiger partial charge in [-0.1, -0.05) is 54.1 Å². The molecule has 4 rings (SSSR count). The number of nitrogens with one attached hydrogen (secondary N) is 1. The van der Waals surface area contributed by atoms with E-state index in [-0.39, 0.29) is 0 Å². The third-order valence-electron chi connectivity index (χ3n) is 4.24. The molecule has 1 aliphatic rings. The number of rotatable bonds is 4. The molecule has 0 amide bonds. The molecule has 1 aromatic heterocycles. The SMILES string of the molecule is Clc1c(CNCC2Cc3ccccc32)sc2ccccc12. The molecule has 21 heavy (non-hydrogen) atoms. The molecule has 3 heteroatoms. The van der Waals surface area contributed by atoms with Crippen LogP contribution in [0.3, 0.4) is 0 Å². The van der Waals surface area contributed by atoms with E-state index in [0.717, 1.165) is 18.1 Å². The summed E-state index contributed by atoms with van der Waals surface area (Å²) in [6.45, 7) is 1.89.